The summed E-state index contributed by atoms with van der Waals surface area (Å²) in [6.45, 7) is 0. The summed E-state index contributed by atoms with van der Waals surface area (Å²) in [7, 11) is 0. The third-order valence-electron chi connectivity index (χ3n) is 3.28. The van der Waals surface area contributed by atoms with E-state index in [1.54, 1.807) is 0 Å². The van der Waals surface area contributed by atoms with Crippen LogP contribution in [0.3, 0.4) is 0 Å². The van der Waals surface area contributed by atoms with Gasteiger partial charge in [-0.3, -0.25) is 24.3 Å². The molecule has 0 radical (unpaired) electrons. The molecule has 0 atom stereocenters. The van der Waals surface area contributed by atoms with Crippen LogP contribution in [-0.4, -0.2) is 21.9 Å². The Morgan fingerprint density at radius 3 is 2.25 bits per heavy atom. The van der Waals surface area contributed by atoms with Gasteiger partial charge in [-0.1, -0.05) is 0 Å². The van der Waals surface area contributed by atoms with Crippen LogP contribution in [0.15, 0.2) is 40.0 Å². The first-order valence-corrected chi connectivity index (χ1v) is 7.26. The van der Waals surface area contributed by atoms with Crippen molar-refractivity contribution in [2.45, 2.75) is 10.4 Å². The van der Waals surface area contributed by atoms with Crippen LogP contribution < -0.4 is 16.6 Å². The molecule has 2 aromatic rings. The van der Waals surface area contributed by atoms with E-state index in [0.717, 1.165) is 10.6 Å². The number of imide groups is 1. The Labute approximate surface area is 136 Å². The fraction of sp³-hybridized carbons (Fsp3) is 0.0714. The number of carbonyl (C=O) groups excluding carboxylic acids is 2. The third kappa shape index (κ3) is 2.75. The zero-order valence-corrected chi connectivity index (χ0v) is 12.5. The lowest BCUT2D eigenvalue weighted by Crippen LogP contribution is -2.24. The summed E-state index contributed by atoms with van der Waals surface area (Å²) >= 11 is -0.294. The highest BCUT2D eigenvalue weighted by molar-refractivity contribution is 8.00. The van der Waals surface area contributed by atoms with E-state index in [1.165, 1.54) is 24.3 Å². The molecule has 0 fully saturated rings. The van der Waals surface area contributed by atoms with E-state index in [2.05, 4.69) is 0 Å². The number of nitrogens with two attached hydrogens (primary N) is 1. The molecule has 1 aliphatic heterocycles. The van der Waals surface area contributed by atoms with Gasteiger partial charge in [-0.25, -0.2) is 0 Å². The number of hydrogen-bond donors (Lipinski definition) is 2. The highest BCUT2D eigenvalue weighted by atomic mass is 32.2. The molecular formula is C14H8F3N3O3S. The number of rotatable bonds is 2. The number of aromatic nitrogens is 1. The van der Waals surface area contributed by atoms with Gasteiger partial charge in [0.25, 0.3) is 17.4 Å². The van der Waals surface area contributed by atoms with Crippen molar-refractivity contribution in [3.8, 4) is 5.69 Å². The van der Waals surface area contributed by atoms with E-state index in [4.69, 9.17) is 5.73 Å². The molecule has 0 saturated carbocycles. The van der Waals surface area contributed by atoms with Gasteiger partial charge in [0.15, 0.2) is 0 Å². The number of nitrogen functional groups attached to an aromatic ring is 1. The number of thioether (sulfide) groups is 1. The summed E-state index contributed by atoms with van der Waals surface area (Å²) in [5.74, 6) is -1.70. The van der Waals surface area contributed by atoms with Crippen LogP contribution in [0.5, 0.6) is 0 Å². The van der Waals surface area contributed by atoms with Gasteiger partial charge in [0.1, 0.15) is 5.82 Å². The summed E-state index contributed by atoms with van der Waals surface area (Å²) in [4.78, 5) is 35.4. The second-order valence-electron chi connectivity index (χ2n) is 4.82. The quantitative estimate of drug-likeness (QED) is 0.634. The second-order valence-corrected chi connectivity index (χ2v) is 5.96. The van der Waals surface area contributed by atoms with Crippen LogP contribution in [0.4, 0.5) is 19.0 Å². The molecule has 124 valence electrons. The Kier molecular flexibility index (Phi) is 3.63. The number of fused-ring (bicyclic) bond motifs is 1. The molecule has 1 aliphatic rings. The van der Waals surface area contributed by atoms with E-state index in [0.29, 0.717) is 0 Å². The van der Waals surface area contributed by atoms with Crippen molar-refractivity contribution < 1.29 is 22.8 Å². The van der Waals surface area contributed by atoms with Gasteiger partial charge < -0.3 is 5.73 Å². The largest absolute Gasteiger partial charge is 0.446 e. The van der Waals surface area contributed by atoms with Crippen LogP contribution in [-0.2, 0) is 0 Å². The molecule has 0 spiro atoms. The van der Waals surface area contributed by atoms with Gasteiger partial charge >= 0.3 is 5.51 Å². The van der Waals surface area contributed by atoms with Crippen molar-refractivity contribution in [2.75, 3.05) is 5.73 Å². The average Bonchev–Trinajstić information content (AvgIpc) is 2.74. The number of benzene rings is 1. The molecule has 0 aliphatic carbocycles. The predicted molar refractivity (Wildman–Crippen MR) is 80.2 cm³/mol. The highest BCUT2D eigenvalue weighted by Crippen LogP contribution is 2.37. The minimum atomic E-state index is -4.43. The summed E-state index contributed by atoms with van der Waals surface area (Å²) < 4.78 is 38.0. The zero-order valence-electron chi connectivity index (χ0n) is 11.7. The fourth-order valence-corrected chi connectivity index (χ4v) is 2.88. The van der Waals surface area contributed by atoms with Gasteiger partial charge in [0.2, 0.25) is 0 Å². The van der Waals surface area contributed by atoms with Crippen molar-refractivity contribution in [3.63, 3.8) is 0 Å². The van der Waals surface area contributed by atoms with Crippen LogP contribution in [0.25, 0.3) is 5.69 Å². The number of alkyl halides is 3. The maximum absolute atomic E-state index is 12.3. The van der Waals surface area contributed by atoms with Crippen molar-refractivity contribution in [1.29, 1.82) is 0 Å². The monoisotopic (exact) mass is 355 g/mol. The van der Waals surface area contributed by atoms with Crippen LogP contribution in [0.1, 0.15) is 20.7 Å². The summed E-state index contributed by atoms with van der Waals surface area (Å²) in [6, 6.07) is 5.86. The third-order valence-corrected chi connectivity index (χ3v) is 4.02. The number of nitrogens with zero attached hydrogens (tertiary/aromatic N) is 1. The molecule has 1 aromatic heterocycles. The van der Waals surface area contributed by atoms with Crippen molar-refractivity contribution in [1.82, 2.24) is 9.88 Å². The molecule has 10 heteroatoms. The Hall–Kier alpha value is -2.75. The van der Waals surface area contributed by atoms with E-state index in [1.807, 2.05) is 5.32 Å². The SMILES string of the molecule is Nc1c2c(cc(=O)n1-c1ccc(SC(F)(F)F)cc1)C(=O)NC2=O. The summed E-state index contributed by atoms with van der Waals surface area (Å²) in [5.41, 5.74) is 0.650. The molecular weight excluding hydrogens is 347 g/mol. The first-order valence-electron chi connectivity index (χ1n) is 6.45. The van der Waals surface area contributed by atoms with Gasteiger partial charge in [0.05, 0.1) is 16.8 Å². The average molecular weight is 355 g/mol. The van der Waals surface area contributed by atoms with Gasteiger partial charge in [-0.15, -0.1) is 0 Å². The first-order chi connectivity index (χ1) is 11.2. The lowest BCUT2D eigenvalue weighted by molar-refractivity contribution is -0.0328. The van der Waals surface area contributed by atoms with E-state index in [-0.39, 0.29) is 39.3 Å². The summed E-state index contributed by atoms with van der Waals surface area (Å²) in [5, 5.41) is 2.03. The fourth-order valence-electron chi connectivity index (χ4n) is 2.34. The van der Waals surface area contributed by atoms with Crippen LogP contribution in [0.2, 0.25) is 0 Å². The minimum Gasteiger partial charge on any atom is -0.384 e. The molecule has 1 aromatic carbocycles. The van der Waals surface area contributed by atoms with Crippen LogP contribution in [0, 0.1) is 0 Å². The smallest absolute Gasteiger partial charge is 0.384 e. The van der Waals surface area contributed by atoms with E-state index >= 15 is 0 Å². The van der Waals surface area contributed by atoms with Crippen molar-refractivity contribution in [2.24, 2.45) is 0 Å². The normalized spacial score (nSPS) is 13.8. The Bertz CT molecular complexity index is 920. The zero-order chi connectivity index (χ0) is 17.6. The number of nitrogens with one attached hydrogen (secondary N) is 1. The number of pyridine rings is 1. The second kappa shape index (κ2) is 5.41. The first kappa shape index (κ1) is 16.1. The minimum absolute atomic E-state index is 0.0630. The maximum Gasteiger partial charge on any atom is 0.446 e. The van der Waals surface area contributed by atoms with Gasteiger partial charge in [-0.2, -0.15) is 13.2 Å². The molecule has 6 nitrogen and oxygen atoms in total. The number of halogens is 3. The van der Waals surface area contributed by atoms with Gasteiger partial charge in [0, 0.05) is 11.0 Å². The Morgan fingerprint density at radius 1 is 1.04 bits per heavy atom. The molecule has 0 unspecified atom stereocenters. The van der Waals surface area contributed by atoms with E-state index in [9.17, 15) is 27.6 Å². The highest BCUT2D eigenvalue weighted by Gasteiger charge is 2.32. The molecule has 0 saturated heterocycles. The molecule has 2 amide bonds. The summed E-state index contributed by atoms with van der Waals surface area (Å²) in [6.07, 6.45) is 0. The Balaban J connectivity index is 2.08. The molecule has 3 N–H and O–H groups in total. The number of hydrogen-bond acceptors (Lipinski definition) is 5. The van der Waals surface area contributed by atoms with Gasteiger partial charge in [-0.05, 0) is 36.0 Å². The van der Waals surface area contributed by atoms with Crippen molar-refractivity contribution >= 4 is 29.4 Å². The lowest BCUT2D eigenvalue weighted by atomic mass is 10.1. The molecule has 24 heavy (non-hydrogen) atoms. The van der Waals surface area contributed by atoms with Crippen molar-refractivity contribution in [3.05, 3.63) is 51.8 Å². The van der Waals surface area contributed by atoms with Crippen LogP contribution >= 0.6 is 11.8 Å². The standard InChI is InChI=1S/C14H8F3N3O3S/c15-14(16,17)24-7-3-1-6(2-4-7)20-9(21)5-8-10(11(20)18)13(23)19-12(8)22/h1-5H,18H2,(H,19,22,23). The Morgan fingerprint density at radius 2 is 1.67 bits per heavy atom. The lowest BCUT2D eigenvalue weighted by Gasteiger charge is -2.12. The molecule has 0 bridgehead atoms. The topological polar surface area (TPSA) is 94.2 Å². The van der Waals surface area contributed by atoms with E-state index < -0.39 is 22.9 Å². The predicted octanol–water partition coefficient (Wildman–Crippen LogP) is 1.92. The molecule has 3 rings (SSSR count). The molecule has 2 heterocycles. The number of amides is 2. The number of carbonyl (C=O) groups is 2. The number of anilines is 1. The maximum atomic E-state index is 12.3.